The summed E-state index contributed by atoms with van der Waals surface area (Å²) >= 11 is 0. The molecule has 0 spiro atoms. The quantitative estimate of drug-likeness (QED) is 0.732. The van der Waals surface area contributed by atoms with Gasteiger partial charge in [-0.05, 0) is 13.0 Å². The zero-order valence-electron chi connectivity index (χ0n) is 9.15. The first-order chi connectivity index (χ1) is 8.30. The molecule has 2 rings (SSSR count). The van der Waals surface area contributed by atoms with Gasteiger partial charge in [-0.2, -0.15) is 13.2 Å². The van der Waals surface area contributed by atoms with E-state index in [0.717, 1.165) is 29.8 Å². The second-order valence-corrected chi connectivity index (χ2v) is 3.67. The van der Waals surface area contributed by atoms with Crippen LogP contribution in [0.5, 0.6) is 0 Å². The monoisotopic (exact) mass is 256 g/mol. The van der Waals surface area contributed by atoms with Crippen LogP contribution in [0.25, 0.3) is 5.65 Å². The Morgan fingerprint density at radius 3 is 2.61 bits per heavy atom. The number of halogens is 3. The Morgan fingerprint density at radius 1 is 1.39 bits per heavy atom. The molecule has 7 heteroatoms. The van der Waals surface area contributed by atoms with E-state index in [1.807, 2.05) is 0 Å². The average Bonchev–Trinajstić information content (AvgIpc) is 2.27. The van der Waals surface area contributed by atoms with Crippen LogP contribution in [0.4, 0.5) is 13.2 Å². The maximum absolute atomic E-state index is 12.8. The van der Waals surface area contributed by atoms with E-state index in [-0.39, 0.29) is 5.56 Å². The molecular formula is C11H7F3N2O2. The van der Waals surface area contributed by atoms with Crippen LogP contribution < -0.4 is 5.56 Å². The summed E-state index contributed by atoms with van der Waals surface area (Å²) in [6.45, 7) is 1.13. The van der Waals surface area contributed by atoms with Gasteiger partial charge in [-0.3, -0.25) is 14.0 Å². The highest BCUT2D eigenvalue weighted by atomic mass is 19.4. The lowest BCUT2D eigenvalue weighted by atomic mass is 10.1. The van der Waals surface area contributed by atoms with Crippen molar-refractivity contribution in [3.63, 3.8) is 0 Å². The highest BCUT2D eigenvalue weighted by Gasteiger charge is 2.34. The molecule has 0 amide bonds. The van der Waals surface area contributed by atoms with Gasteiger partial charge in [0.15, 0.2) is 11.4 Å². The van der Waals surface area contributed by atoms with Gasteiger partial charge in [0.05, 0.1) is 5.56 Å². The zero-order chi connectivity index (χ0) is 13.5. The molecule has 4 nitrogen and oxygen atoms in total. The van der Waals surface area contributed by atoms with Crippen molar-refractivity contribution in [1.29, 1.82) is 0 Å². The van der Waals surface area contributed by atoms with Crippen LogP contribution >= 0.6 is 0 Å². The smallest absolute Gasteiger partial charge is 0.294 e. The maximum Gasteiger partial charge on any atom is 0.420 e. The third-order valence-corrected chi connectivity index (χ3v) is 2.40. The fourth-order valence-electron chi connectivity index (χ4n) is 1.54. The molecule has 0 bridgehead atoms. The minimum atomic E-state index is -4.68. The summed E-state index contributed by atoms with van der Waals surface area (Å²) in [6.07, 6.45) is -2.62. The molecule has 0 unspecified atom stereocenters. The van der Waals surface area contributed by atoms with Gasteiger partial charge in [-0.25, -0.2) is 4.98 Å². The average molecular weight is 256 g/mol. The van der Waals surface area contributed by atoms with E-state index in [1.54, 1.807) is 0 Å². The number of fused-ring (bicyclic) bond motifs is 1. The van der Waals surface area contributed by atoms with E-state index >= 15 is 0 Å². The van der Waals surface area contributed by atoms with Gasteiger partial charge < -0.3 is 0 Å². The van der Waals surface area contributed by atoms with Crippen molar-refractivity contribution in [2.75, 3.05) is 0 Å². The predicted octanol–water partition coefficient (Wildman–Crippen LogP) is 1.92. The fourth-order valence-corrected chi connectivity index (χ4v) is 1.54. The Labute approximate surface area is 98.7 Å². The van der Waals surface area contributed by atoms with Crippen molar-refractivity contribution >= 4 is 11.4 Å². The number of pyridine rings is 1. The van der Waals surface area contributed by atoms with Crippen molar-refractivity contribution in [3.8, 4) is 0 Å². The van der Waals surface area contributed by atoms with Gasteiger partial charge in [-0.15, -0.1) is 0 Å². The summed E-state index contributed by atoms with van der Waals surface area (Å²) < 4.78 is 39.2. The van der Waals surface area contributed by atoms with E-state index in [1.165, 1.54) is 0 Å². The first-order valence-electron chi connectivity index (χ1n) is 4.90. The molecule has 0 atom stereocenters. The van der Waals surface area contributed by atoms with E-state index < -0.39 is 28.7 Å². The van der Waals surface area contributed by atoms with Crippen LogP contribution in [-0.4, -0.2) is 15.2 Å². The Balaban J connectivity index is 2.95. The second-order valence-electron chi connectivity index (χ2n) is 3.67. The summed E-state index contributed by atoms with van der Waals surface area (Å²) in [5, 5.41) is 0. The molecule has 2 heterocycles. The SMILES string of the molecule is CC(=O)c1cc(C(F)(F)F)c2nccc(=O)n2c1. The maximum atomic E-state index is 12.8. The minimum Gasteiger partial charge on any atom is -0.294 e. The van der Waals surface area contributed by atoms with Crippen molar-refractivity contribution in [2.45, 2.75) is 13.1 Å². The summed E-state index contributed by atoms with van der Waals surface area (Å²) in [5.41, 5.74) is -2.48. The third kappa shape index (κ3) is 1.99. The molecule has 0 aliphatic rings. The lowest BCUT2D eigenvalue weighted by molar-refractivity contribution is -0.136. The van der Waals surface area contributed by atoms with Crippen molar-refractivity contribution < 1.29 is 18.0 Å². The van der Waals surface area contributed by atoms with Gasteiger partial charge in [0.25, 0.3) is 5.56 Å². The summed E-state index contributed by atoms with van der Waals surface area (Å²) in [4.78, 5) is 26.2. The topological polar surface area (TPSA) is 51.4 Å². The van der Waals surface area contributed by atoms with E-state index in [4.69, 9.17) is 0 Å². The van der Waals surface area contributed by atoms with Gasteiger partial charge in [0.1, 0.15) is 0 Å². The summed E-state index contributed by atoms with van der Waals surface area (Å²) in [5.74, 6) is -0.557. The number of hydrogen-bond donors (Lipinski definition) is 0. The number of rotatable bonds is 1. The predicted molar refractivity (Wildman–Crippen MR) is 56.5 cm³/mol. The molecule has 0 fully saturated rings. The van der Waals surface area contributed by atoms with Gasteiger partial charge in [-0.1, -0.05) is 0 Å². The van der Waals surface area contributed by atoms with Crippen molar-refractivity contribution in [2.24, 2.45) is 0 Å². The Hall–Kier alpha value is -2.18. The number of carbonyl (C=O) groups excluding carboxylic acids is 1. The number of hydrogen-bond acceptors (Lipinski definition) is 3. The Bertz CT molecular complexity index is 689. The molecule has 0 N–H and O–H groups in total. The van der Waals surface area contributed by atoms with Crippen LogP contribution in [0.2, 0.25) is 0 Å². The van der Waals surface area contributed by atoms with Crippen LogP contribution in [0.1, 0.15) is 22.8 Å². The first-order valence-corrected chi connectivity index (χ1v) is 4.90. The molecule has 2 aromatic heterocycles. The number of ketones is 1. The van der Waals surface area contributed by atoms with Gasteiger partial charge in [0, 0.05) is 24.0 Å². The third-order valence-electron chi connectivity index (χ3n) is 2.40. The minimum absolute atomic E-state index is 0.190. The summed E-state index contributed by atoms with van der Waals surface area (Å²) in [7, 11) is 0. The van der Waals surface area contributed by atoms with Crippen molar-refractivity contribution in [1.82, 2.24) is 9.38 Å². The number of alkyl halides is 3. The Morgan fingerprint density at radius 2 is 2.06 bits per heavy atom. The lowest BCUT2D eigenvalue weighted by Gasteiger charge is -2.11. The second kappa shape index (κ2) is 3.94. The van der Waals surface area contributed by atoms with Gasteiger partial charge in [0.2, 0.25) is 0 Å². The normalized spacial score (nSPS) is 11.8. The Kier molecular flexibility index (Phi) is 2.68. The van der Waals surface area contributed by atoms with Gasteiger partial charge >= 0.3 is 6.18 Å². The molecule has 0 aliphatic heterocycles. The molecule has 0 saturated heterocycles. The number of Topliss-reactive ketones (excluding diaryl/α,β-unsaturated/α-hetero) is 1. The number of carbonyl (C=O) groups is 1. The molecule has 18 heavy (non-hydrogen) atoms. The van der Waals surface area contributed by atoms with Crippen LogP contribution in [0, 0.1) is 0 Å². The van der Waals surface area contributed by atoms with E-state index in [9.17, 15) is 22.8 Å². The highest BCUT2D eigenvalue weighted by molar-refractivity contribution is 5.94. The molecule has 0 radical (unpaired) electrons. The van der Waals surface area contributed by atoms with Crippen LogP contribution in [-0.2, 0) is 6.18 Å². The lowest BCUT2D eigenvalue weighted by Crippen LogP contribution is -2.19. The highest BCUT2D eigenvalue weighted by Crippen LogP contribution is 2.32. The number of aromatic nitrogens is 2. The largest absolute Gasteiger partial charge is 0.420 e. The fraction of sp³-hybridized carbons (Fsp3) is 0.182. The van der Waals surface area contributed by atoms with Crippen LogP contribution in [0.15, 0.2) is 29.3 Å². The van der Waals surface area contributed by atoms with E-state index in [0.29, 0.717) is 6.07 Å². The van der Waals surface area contributed by atoms with Crippen molar-refractivity contribution in [3.05, 3.63) is 46.0 Å². The molecule has 94 valence electrons. The standard InChI is InChI=1S/C11H7F3N2O2/c1-6(17)7-4-8(11(12,13)14)10-15-3-2-9(18)16(10)5-7/h2-5H,1H3. The zero-order valence-corrected chi connectivity index (χ0v) is 9.15. The molecule has 0 aliphatic carbocycles. The van der Waals surface area contributed by atoms with Crippen LogP contribution in [0.3, 0.4) is 0 Å². The van der Waals surface area contributed by atoms with E-state index in [2.05, 4.69) is 4.98 Å². The first kappa shape index (κ1) is 12.3. The number of nitrogens with zero attached hydrogens (tertiary/aromatic N) is 2. The molecular weight excluding hydrogens is 249 g/mol. The molecule has 2 aromatic rings. The summed E-state index contributed by atoms with van der Waals surface area (Å²) in [6, 6.07) is 1.72. The molecule has 0 saturated carbocycles. The molecule has 0 aromatic carbocycles.